The maximum atomic E-state index is 6.40. The molecule has 0 saturated heterocycles. The van der Waals surface area contributed by atoms with Crippen LogP contribution in [-0.4, -0.2) is 0 Å². The van der Waals surface area contributed by atoms with Crippen molar-refractivity contribution in [2.45, 2.75) is 57.9 Å². The van der Waals surface area contributed by atoms with E-state index in [0.29, 0.717) is 11.8 Å². The van der Waals surface area contributed by atoms with Crippen molar-refractivity contribution in [2.75, 3.05) is 0 Å². The highest BCUT2D eigenvalue weighted by Gasteiger charge is 2.21. The first-order chi connectivity index (χ1) is 8.18. The first-order valence-corrected chi connectivity index (χ1v) is 7.04. The molecule has 1 aliphatic carbocycles. The Morgan fingerprint density at radius 3 is 1.94 bits per heavy atom. The van der Waals surface area contributed by atoms with Gasteiger partial charge in [-0.1, -0.05) is 57.4 Å². The van der Waals surface area contributed by atoms with Gasteiger partial charge >= 0.3 is 0 Å². The second-order valence-electron chi connectivity index (χ2n) is 5.75. The summed E-state index contributed by atoms with van der Waals surface area (Å²) in [5.41, 5.74) is 9.12. The van der Waals surface area contributed by atoms with Crippen molar-refractivity contribution in [3.8, 4) is 0 Å². The molecule has 1 aliphatic rings. The van der Waals surface area contributed by atoms with E-state index < -0.39 is 0 Å². The summed E-state index contributed by atoms with van der Waals surface area (Å²) >= 11 is 0. The molecule has 18 heavy (non-hydrogen) atoms. The fraction of sp³-hybridized carbons (Fsp3) is 0.625. The van der Waals surface area contributed by atoms with Gasteiger partial charge in [-0.2, -0.15) is 0 Å². The Hall–Kier alpha value is -0.530. The number of halogens is 1. The van der Waals surface area contributed by atoms with Gasteiger partial charge in [0.15, 0.2) is 0 Å². The molecular formula is C16H26ClN. The summed E-state index contributed by atoms with van der Waals surface area (Å²) in [6.45, 7) is 4.46. The second kappa shape index (κ2) is 7.16. The van der Waals surface area contributed by atoms with E-state index in [2.05, 4.69) is 38.1 Å². The molecule has 0 unspecified atom stereocenters. The summed E-state index contributed by atoms with van der Waals surface area (Å²) in [6.07, 6.45) is 6.75. The Morgan fingerprint density at radius 2 is 1.44 bits per heavy atom. The van der Waals surface area contributed by atoms with E-state index in [4.69, 9.17) is 5.73 Å². The van der Waals surface area contributed by atoms with E-state index in [0.717, 1.165) is 0 Å². The Bertz CT molecular complexity index is 339. The summed E-state index contributed by atoms with van der Waals surface area (Å²) < 4.78 is 0. The molecule has 0 spiro atoms. The van der Waals surface area contributed by atoms with Crippen LogP contribution >= 0.6 is 12.4 Å². The average molecular weight is 268 g/mol. The Balaban J connectivity index is 0.00000162. The Morgan fingerprint density at radius 1 is 0.944 bits per heavy atom. The monoisotopic (exact) mass is 267 g/mol. The van der Waals surface area contributed by atoms with Gasteiger partial charge in [-0.15, -0.1) is 12.4 Å². The van der Waals surface area contributed by atoms with Gasteiger partial charge in [0.1, 0.15) is 0 Å². The van der Waals surface area contributed by atoms with Crippen molar-refractivity contribution in [1.82, 2.24) is 0 Å². The Kier molecular flexibility index (Phi) is 6.17. The van der Waals surface area contributed by atoms with Crippen molar-refractivity contribution < 1.29 is 0 Å². The number of nitrogens with two attached hydrogens (primary N) is 1. The third-order valence-electron chi connectivity index (χ3n) is 4.15. The number of rotatable bonds is 3. The minimum Gasteiger partial charge on any atom is -0.324 e. The molecule has 1 aromatic carbocycles. The maximum Gasteiger partial charge on any atom is 0.0323 e. The third-order valence-corrected chi connectivity index (χ3v) is 4.15. The van der Waals surface area contributed by atoms with Crippen LogP contribution < -0.4 is 5.73 Å². The number of benzene rings is 1. The first kappa shape index (κ1) is 15.5. The second-order valence-corrected chi connectivity index (χ2v) is 5.75. The fourth-order valence-corrected chi connectivity index (χ4v) is 2.87. The normalized spacial score (nSPS) is 18.4. The molecule has 0 amide bonds. The van der Waals surface area contributed by atoms with E-state index in [-0.39, 0.29) is 18.4 Å². The summed E-state index contributed by atoms with van der Waals surface area (Å²) in [7, 11) is 0. The van der Waals surface area contributed by atoms with Crippen molar-refractivity contribution in [1.29, 1.82) is 0 Å². The molecule has 0 aromatic heterocycles. The van der Waals surface area contributed by atoms with Gasteiger partial charge in [-0.05, 0) is 35.8 Å². The maximum absolute atomic E-state index is 6.40. The van der Waals surface area contributed by atoms with Gasteiger partial charge in [-0.3, -0.25) is 0 Å². The molecule has 1 saturated carbocycles. The zero-order valence-corrected chi connectivity index (χ0v) is 12.4. The summed E-state index contributed by atoms with van der Waals surface area (Å²) in [5, 5.41) is 0. The van der Waals surface area contributed by atoms with Crippen LogP contribution in [0.15, 0.2) is 24.3 Å². The van der Waals surface area contributed by atoms with Crippen LogP contribution in [0.5, 0.6) is 0 Å². The lowest BCUT2D eigenvalue weighted by Gasteiger charge is -2.28. The molecule has 2 N–H and O–H groups in total. The van der Waals surface area contributed by atoms with E-state index >= 15 is 0 Å². The van der Waals surface area contributed by atoms with Crippen molar-refractivity contribution in [3.05, 3.63) is 35.4 Å². The zero-order chi connectivity index (χ0) is 12.3. The van der Waals surface area contributed by atoms with Crippen molar-refractivity contribution >= 4 is 12.4 Å². The van der Waals surface area contributed by atoms with Gasteiger partial charge < -0.3 is 5.73 Å². The van der Waals surface area contributed by atoms with Crippen LogP contribution in [0.1, 0.15) is 69.0 Å². The molecular weight excluding hydrogens is 242 g/mol. The van der Waals surface area contributed by atoms with E-state index in [1.807, 2.05) is 0 Å². The SMILES string of the molecule is CC(C)c1ccc([C@@H](N)C2CCCCC2)cc1.Cl. The van der Waals surface area contributed by atoms with Crippen LogP contribution in [0.4, 0.5) is 0 Å². The summed E-state index contributed by atoms with van der Waals surface area (Å²) in [4.78, 5) is 0. The van der Waals surface area contributed by atoms with E-state index in [9.17, 15) is 0 Å². The largest absolute Gasteiger partial charge is 0.324 e. The highest BCUT2D eigenvalue weighted by Crippen LogP contribution is 2.33. The van der Waals surface area contributed by atoms with Gasteiger partial charge in [0.25, 0.3) is 0 Å². The third kappa shape index (κ3) is 3.73. The van der Waals surface area contributed by atoms with Crippen LogP contribution in [-0.2, 0) is 0 Å². The molecule has 0 aliphatic heterocycles. The molecule has 1 aromatic rings. The highest BCUT2D eigenvalue weighted by molar-refractivity contribution is 5.85. The minimum absolute atomic E-state index is 0. The zero-order valence-electron chi connectivity index (χ0n) is 11.6. The van der Waals surface area contributed by atoms with Gasteiger partial charge in [-0.25, -0.2) is 0 Å². The number of hydrogen-bond donors (Lipinski definition) is 1. The van der Waals surface area contributed by atoms with Crippen LogP contribution in [0, 0.1) is 5.92 Å². The average Bonchev–Trinajstić information content (AvgIpc) is 2.39. The standard InChI is InChI=1S/C16H25N.ClH/c1-12(2)13-8-10-15(11-9-13)16(17)14-6-4-3-5-7-14;/h8-12,14,16H,3-7,17H2,1-2H3;1H/t16-;/m0./s1. The lowest BCUT2D eigenvalue weighted by Crippen LogP contribution is -2.23. The van der Waals surface area contributed by atoms with Crippen molar-refractivity contribution in [3.63, 3.8) is 0 Å². The smallest absolute Gasteiger partial charge is 0.0323 e. The topological polar surface area (TPSA) is 26.0 Å². The van der Waals surface area contributed by atoms with Crippen LogP contribution in [0.2, 0.25) is 0 Å². The lowest BCUT2D eigenvalue weighted by molar-refractivity contribution is 0.308. The Labute approximate surface area is 118 Å². The van der Waals surface area contributed by atoms with Gasteiger partial charge in [0.05, 0.1) is 0 Å². The molecule has 0 heterocycles. The summed E-state index contributed by atoms with van der Waals surface area (Å²) in [5.74, 6) is 1.31. The fourth-order valence-electron chi connectivity index (χ4n) is 2.87. The molecule has 102 valence electrons. The van der Waals surface area contributed by atoms with Crippen molar-refractivity contribution in [2.24, 2.45) is 11.7 Å². The predicted molar refractivity (Wildman–Crippen MR) is 81.3 cm³/mol. The molecule has 0 bridgehead atoms. The number of hydrogen-bond acceptors (Lipinski definition) is 1. The predicted octanol–water partition coefficient (Wildman–Crippen LogP) is 4.81. The van der Waals surface area contributed by atoms with Gasteiger partial charge in [0, 0.05) is 6.04 Å². The molecule has 1 atom stereocenters. The first-order valence-electron chi connectivity index (χ1n) is 7.04. The molecule has 0 radical (unpaired) electrons. The minimum atomic E-state index is 0. The van der Waals surface area contributed by atoms with E-state index in [1.54, 1.807) is 0 Å². The lowest BCUT2D eigenvalue weighted by atomic mass is 9.81. The highest BCUT2D eigenvalue weighted by atomic mass is 35.5. The van der Waals surface area contributed by atoms with Gasteiger partial charge in [0.2, 0.25) is 0 Å². The molecule has 1 nitrogen and oxygen atoms in total. The van der Waals surface area contributed by atoms with Crippen LogP contribution in [0.3, 0.4) is 0 Å². The molecule has 1 fully saturated rings. The van der Waals surface area contributed by atoms with E-state index in [1.165, 1.54) is 43.2 Å². The molecule has 2 rings (SSSR count). The molecule has 2 heteroatoms. The quantitative estimate of drug-likeness (QED) is 0.835. The summed E-state index contributed by atoms with van der Waals surface area (Å²) in [6, 6.07) is 9.19. The van der Waals surface area contributed by atoms with Crippen LogP contribution in [0.25, 0.3) is 0 Å².